The quantitative estimate of drug-likeness (QED) is 0.529. The molecule has 1 saturated carbocycles. The van der Waals surface area contributed by atoms with E-state index >= 15 is 0 Å². The number of anilines is 2. The number of alkyl carbamates (subject to hydrolysis) is 1. The molecule has 3 N–H and O–H groups in total. The van der Waals surface area contributed by atoms with E-state index in [1.54, 1.807) is 18.0 Å². The fourth-order valence-corrected chi connectivity index (χ4v) is 4.10. The number of pyridine rings is 1. The molecule has 3 aromatic rings. The first-order chi connectivity index (χ1) is 14.9. The smallest absolute Gasteiger partial charge is 0.407 e. The minimum absolute atomic E-state index is 0.0654. The Morgan fingerprint density at radius 1 is 1.39 bits per heavy atom. The van der Waals surface area contributed by atoms with Crippen molar-refractivity contribution in [1.82, 2.24) is 30.3 Å². The van der Waals surface area contributed by atoms with Crippen LogP contribution in [0.3, 0.4) is 0 Å². The van der Waals surface area contributed by atoms with Gasteiger partial charge in [-0.3, -0.25) is 14.8 Å². The molecule has 3 aromatic heterocycles. The van der Waals surface area contributed by atoms with E-state index in [1.165, 1.54) is 0 Å². The van der Waals surface area contributed by atoms with Crippen LogP contribution in [-0.2, 0) is 23.1 Å². The van der Waals surface area contributed by atoms with E-state index in [-0.39, 0.29) is 24.2 Å². The lowest BCUT2D eigenvalue weighted by atomic mass is 10.0. The predicted molar refractivity (Wildman–Crippen MR) is 116 cm³/mol. The maximum absolute atomic E-state index is 11.9. The number of H-pyrrole nitrogens is 1. The van der Waals surface area contributed by atoms with Crippen molar-refractivity contribution in [1.29, 1.82) is 0 Å². The van der Waals surface area contributed by atoms with E-state index in [4.69, 9.17) is 9.47 Å². The predicted octanol–water partition coefficient (Wildman–Crippen LogP) is 3.35. The van der Waals surface area contributed by atoms with Crippen LogP contribution >= 0.6 is 0 Å². The number of amides is 1. The minimum Gasteiger partial charge on any atom is -0.446 e. The van der Waals surface area contributed by atoms with Crippen LogP contribution in [0.2, 0.25) is 0 Å². The Balaban J connectivity index is 1.44. The van der Waals surface area contributed by atoms with E-state index < -0.39 is 0 Å². The fraction of sp³-hybridized carbons (Fsp3) is 0.524. The largest absolute Gasteiger partial charge is 0.446 e. The molecule has 2 unspecified atom stereocenters. The van der Waals surface area contributed by atoms with Crippen molar-refractivity contribution in [2.75, 3.05) is 12.4 Å². The minimum atomic E-state index is -0.349. The number of aromatic amines is 1. The van der Waals surface area contributed by atoms with Gasteiger partial charge in [0, 0.05) is 44.1 Å². The molecule has 166 valence electrons. The third-order valence-corrected chi connectivity index (χ3v) is 5.44. The molecule has 1 fully saturated rings. The molecule has 0 saturated heterocycles. The first-order valence-electron chi connectivity index (χ1n) is 10.5. The van der Waals surface area contributed by atoms with Gasteiger partial charge in [-0.2, -0.15) is 10.2 Å². The molecule has 10 heteroatoms. The third-order valence-electron chi connectivity index (χ3n) is 5.44. The van der Waals surface area contributed by atoms with Crippen molar-refractivity contribution in [3.63, 3.8) is 0 Å². The maximum atomic E-state index is 11.9. The normalized spacial score (nSPS) is 18.6. The number of rotatable bonds is 7. The summed E-state index contributed by atoms with van der Waals surface area (Å²) in [6, 6.07) is 3.98. The van der Waals surface area contributed by atoms with Gasteiger partial charge in [-0.05, 0) is 39.2 Å². The lowest BCUT2D eigenvalue weighted by Crippen LogP contribution is -2.33. The fourth-order valence-electron chi connectivity index (χ4n) is 4.10. The molecule has 0 aromatic carbocycles. The number of ether oxygens (including phenoxy) is 2. The third kappa shape index (κ3) is 4.63. The van der Waals surface area contributed by atoms with Gasteiger partial charge in [-0.1, -0.05) is 0 Å². The van der Waals surface area contributed by atoms with Gasteiger partial charge >= 0.3 is 6.09 Å². The van der Waals surface area contributed by atoms with Gasteiger partial charge in [-0.15, -0.1) is 0 Å². The van der Waals surface area contributed by atoms with Crippen LogP contribution in [0.5, 0.6) is 0 Å². The second-order valence-electron chi connectivity index (χ2n) is 8.23. The number of carbonyl (C=O) groups is 1. The van der Waals surface area contributed by atoms with Crippen molar-refractivity contribution in [2.45, 2.75) is 57.8 Å². The zero-order chi connectivity index (χ0) is 22.0. The summed E-state index contributed by atoms with van der Waals surface area (Å²) in [5.41, 5.74) is 4.40. The summed E-state index contributed by atoms with van der Waals surface area (Å²) in [5.74, 6) is 1.00. The zero-order valence-electron chi connectivity index (χ0n) is 18.3. The van der Waals surface area contributed by atoms with Crippen LogP contribution in [0.1, 0.15) is 50.4 Å². The summed E-state index contributed by atoms with van der Waals surface area (Å²) in [6.45, 7) is 4.23. The molecule has 10 nitrogen and oxygen atoms in total. The summed E-state index contributed by atoms with van der Waals surface area (Å²) in [7, 11) is 3.53. The summed E-state index contributed by atoms with van der Waals surface area (Å²) < 4.78 is 12.6. The number of carbonyl (C=O) groups excluding carboxylic acids is 1. The molecule has 0 radical (unpaired) electrons. The number of hydrogen-bond acceptors (Lipinski definition) is 7. The van der Waals surface area contributed by atoms with E-state index in [0.29, 0.717) is 6.61 Å². The molecular weight excluding hydrogens is 398 g/mol. The second kappa shape index (κ2) is 8.93. The number of methoxy groups -OCH3 is 1. The topological polar surface area (TPSA) is 119 Å². The molecule has 0 aliphatic heterocycles. The summed E-state index contributed by atoms with van der Waals surface area (Å²) in [5, 5.41) is 18.2. The second-order valence-corrected chi connectivity index (χ2v) is 8.23. The first kappa shape index (κ1) is 21.1. The van der Waals surface area contributed by atoms with E-state index in [0.717, 1.165) is 53.2 Å². The number of hydrogen-bond donors (Lipinski definition) is 3. The van der Waals surface area contributed by atoms with E-state index in [2.05, 4.69) is 30.9 Å². The van der Waals surface area contributed by atoms with Crippen LogP contribution < -0.4 is 10.6 Å². The molecule has 1 aliphatic rings. The van der Waals surface area contributed by atoms with Crippen LogP contribution in [0, 0.1) is 0 Å². The van der Waals surface area contributed by atoms with Crippen LogP contribution in [-0.4, -0.2) is 50.3 Å². The van der Waals surface area contributed by atoms with Crippen molar-refractivity contribution in [2.24, 2.45) is 7.05 Å². The van der Waals surface area contributed by atoms with Crippen molar-refractivity contribution in [3.8, 4) is 0 Å². The standard InChI is InChI=1S/C21H29N7O3/c1-12(2)23-21(29)31-14-6-5-13(9-14)16-10-18(26-25-16)24-15-7-8-22-19-17(11-30-4)27-28(3)20(15)19/h7-8,10,12-14H,5-6,9,11H2,1-4H3,(H,23,29)(H2,22,24,25,26). The van der Waals surface area contributed by atoms with Gasteiger partial charge in [0.2, 0.25) is 0 Å². The highest BCUT2D eigenvalue weighted by Gasteiger charge is 2.30. The summed E-state index contributed by atoms with van der Waals surface area (Å²) >= 11 is 0. The van der Waals surface area contributed by atoms with E-state index in [9.17, 15) is 4.79 Å². The average molecular weight is 428 g/mol. The van der Waals surface area contributed by atoms with Gasteiger partial charge in [0.25, 0.3) is 0 Å². The Labute approximate surface area is 180 Å². The van der Waals surface area contributed by atoms with Gasteiger partial charge in [0.05, 0.1) is 12.3 Å². The maximum Gasteiger partial charge on any atom is 0.407 e. The van der Waals surface area contributed by atoms with Gasteiger partial charge < -0.3 is 20.1 Å². The van der Waals surface area contributed by atoms with Crippen molar-refractivity contribution >= 4 is 28.6 Å². The molecule has 4 rings (SSSR count). The zero-order valence-corrected chi connectivity index (χ0v) is 18.3. The van der Waals surface area contributed by atoms with E-state index in [1.807, 2.05) is 33.0 Å². The van der Waals surface area contributed by atoms with Crippen LogP contribution in [0.15, 0.2) is 18.3 Å². The molecule has 0 spiro atoms. The SMILES string of the molecule is COCc1nn(C)c2c(Nc3cc(C4CCC(OC(=O)NC(C)C)C4)[nH]n3)ccnc12. The highest BCUT2D eigenvalue weighted by atomic mass is 16.6. The lowest BCUT2D eigenvalue weighted by molar-refractivity contribution is 0.0981. The number of aromatic nitrogens is 5. The van der Waals surface area contributed by atoms with Gasteiger partial charge in [0.15, 0.2) is 5.82 Å². The molecular formula is C21H29N7O3. The van der Waals surface area contributed by atoms with Gasteiger partial charge in [-0.25, -0.2) is 4.79 Å². The Morgan fingerprint density at radius 3 is 3.00 bits per heavy atom. The lowest BCUT2D eigenvalue weighted by Gasteiger charge is -2.14. The number of nitrogens with one attached hydrogen (secondary N) is 3. The monoisotopic (exact) mass is 427 g/mol. The van der Waals surface area contributed by atoms with Gasteiger partial charge in [0.1, 0.15) is 22.8 Å². The summed E-state index contributed by atoms with van der Waals surface area (Å²) in [4.78, 5) is 16.3. The van der Waals surface area contributed by atoms with Crippen molar-refractivity contribution in [3.05, 3.63) is 29.7 Å². The van der Waals surface area contributed by atoms with Crippen molar-refractivity contribution < 1.29 is 14.3 Å². The number of fused-ring (bicyclic) bond motifs is 1. The molecule has 3 heterocycles. The Kier molecular flexibility index (Phi) is 6.08. The first-order valence-corrected chi connectivity index (χ1v) is 10.5. The molecule has 31 heavy (non-hydrogen) atoms. The highest BCUT2D eigenvalue weighted by Crippen LogP contribution is 2.36. The highest BCUT2D eigenvalue weighted by molar-refractivity contribution is 5.91. The number of aryl methyl sites for hydroxylation is 1. The molecule has 2 atom stereocenters. The molecule has 1 amide bonds. The molecule has 1 aliphatic carbocycles. The summed E-state index contributed by atoms with van der Waals surface area (Å²) in [6.07, 6.45) is 3.91. The van der Waals surface area contributed by atoms with Crippen LogP contribution in [0.25, 0.3) is 11.0 Å². The Morgan fingerprint density at radius 2 is 2.23 bits per heavy atom. The Bertz CT molecular complexity index is 1060. The number of nitrogens with zero attached hydrogens (tertiary/aromatic N) is 4. The average Bonchev–Trinajstić information content (AvgIpc) is 3.42. The molecule has 0 bridgehead atoms. The Hall–Kier alpha value is -3.14. The van der Waals surface area contributed by atoms with Crippen LogP contribution in [0.4, 0.5) is 16.3 Å².